The Bertz CT molecular complexity index is 426. The molecule has 0 aromatic heterocycles. The summed E-state index contributed by atoms with van der Waals surface area (Å²) in [5, 5.41) is 2.98. The number of nitrogens with zero attached hydrogens (tertiary/aromatic N) is 1. The molecule has 2 rings (SSSR count). The monoisotopic (exact) mass is 276 g/mol. The molecule has 1 aromatic rings. The summed E-state index contributed by atoms with van der Waals surface area (Å²) in [6.07, 6.45) is 5.01. The molecule has 1 aliphatic rings. The number of amides is 1. The number of likely N-dealkylation sites (tertiary alicyclic amines) is 1. The Morgan fingerprint density at radius 2 is 2.00 bits per heavy atom. The minimum atomic E-state index is 0.106. The van der Waals surface area contributed by atoms with Crippen molar-refractivity contribution in [2.24, 2.45) is 0 Å². The van der Waals surface area contributed by atoms with Crippen LogP contribution in [0.4, 0.5) is 0 Å². The van der Waals surface area contributed by atoms with Gasteiger partial charge in [0.1, 0.15) is 5.75 Å². The lowest BCUT2D eigenvalue weighted by Gasteiger charge is -2.19. The third-order valence-electron chi connectivity index (χ3n) is 3.69. The Hall–Kier alpha value is -1.55. The number of methoxy groups -OCH3 is 1. The summed E-state index contributed by atoms with van der Waals surface area (Å²) < 4.78 is 5.18. The number of carbonyl (C=O) groups is 1. The van der Waals surface area contributed by atoms with Gasteiger partial charge in [0.15, 0.2) is 0 Å². The number of rotatable bonds is 5. The zero-order chi connectivity index (χ0) is 14.2. The minimum absolute atomic E-state index is 0.106. The second-order valence-electron chi connectivity index (χ2n) is 5.32. The molecule has 1 N–H and O–H groups in total. The lowest BCUT2D eigenvalue weighted by atomic mass is 10.2. The summed E-state index contributed by atoms with van der Waals surface area (Å²) in [4.78, 5) is 14.2. The molecule has 1 amide bonds. The van der Waals surface area contributed by atoms with Gasteiger partial charge in [-0.25, -0.2) is 0 Å². The van der Waals surface area contributed by atoms with Gasteiger partial charge in [-0.2, -0.15) is 0 Å². The van der Waals surface area contributed by atoms with E-state index in [2.05, 4.69) is 10.2 Å². The molecule has 0 unspecified atom stereocenters. The van der Waals surface area contributed by atoms with E-state index in [1.807, 2.05) is 24.3 Å². The zero-order valence-electron chi connectivity index (χ0n) is 12.2. The molecule has 4 heteroatoms. The summed E-state index contributed by atoms with van der Waals surface area (Å²) in [6.45, 7) is 3.17. The lowest BCUT2D eigenvalue weighted by Crippen LogP contribution is -2.37. The van der Waals surface area contributed by atoms with Gasteiger partial charge >= 0.3 is 0 Å². The van der Waals surface area contributed by atoms with E-state index in [9.17, 15) is 4.79 Å². The van der Waals surface area contributed by atoms with Crippen LogP contribution in [-0.4, -0.2) is 37.6 Å². The van der Waals surface area contributed by atoms with Gasteiger partial charge in [-0.05, 0) is 43.6 Å². The number of nitrogens with one attached hydrogen (secondary N) is 1. The first-order valence-corrected chi connectivity index (χ1v) is 7.40. The summed E-state index contributed by atoms with van der Waals surface area (Å²) in [6, 6.07) is 7.79. The molecule has 1 aliphatic heterocycles. The SMILES string of the molecule is COc1cccc(CNC(=O)CN2CCCCCC2)c1. The number of benzene rings is 1. The molecule has 1 saturated heterocycles. The van der Waals surface area contributed by atoms with Crippen LogP contribution in [-0.2, 0) is 11.3 Å². The summed E-state index contributed by atoms with van der Waals surface area (Å²) in [5.74, 6) is 0.930. The average molecular weight is 276 g/mol. The highest BCUT2D eigenvalue weighted by molar-refractivity contribution is 5.78. The summed E-state index contributed by atoms with van der Waals surface area (Å²) >= 11 is 0. The second-order valence-corrected chi connectivity index (χ2v) is 5.32. The van der Waals surface area contributed by atoms with Crippen molar-refractivity contribution in [1.29, 1.82) is 0 Å². The van der Waals surface area contributed by atoms with Gasteiger partial charge in [0.05, 0.1) is 13.7 Å². The van der Waals surface area contributed by atoms with Crippen LogP contribution in [0.15, 0.2) is 24.3 Å². The Kier molecular flexibility index (Phi) is 5.87. The smallest absolute Gasteiger partial charge is 0.234 e. The van der Waals surface area contributed by atoms with Crippen LogP contribution in [0.5, 0.6) is 5.75 Å². The highest BCUT2D eigenvalue weighted by atomic mass is 16.5. The quantitative estimate of drug-likeness (QED) is 0.896. The predicted octanol–water partition coefficient (Wildman–Crippen LogP) is 2.19. The molecule has 0 radical (unpaired) electrons. The molecule has 1 aromatic carbocycles. The largest absolute Gasteiger partial charge is 0.497 e. The fraction of sp³-hybridized carbons (Fsp3) is 0.562. The summed E-state index contributed by atoms with van der Waals surface area (Å²) in [5.41, 5.74) is 1.06. The minimum Gasteiger partial charge on any atom is -0.497 e. The normalized spacial score (nSPS) is 16.4. The van der Waals surface area contributed by atoms with E-state index in [0.29, 0.717) is 13.1 Å². The number of ether oxygens (including phenoxy) is 1. The highest BCUT2D eigenvalue weighted by Crippen LogP contribution is 2.12. The lowest BCUT2D eigenvalue weighted by molar-refractivity contribution is -0.122. The van der Waals surface area contributed by atoms with Gasteiger partial charge in [-0.1, -0.05) is 25.0 Å². The number of hydrogen-bond donors (Lipinski definition) is 1. The molecule has 0 spiro atoms. The average Bonchev–Trinajstić information content (AvgIpc) is 2.74. The van der Waals surface area contributed by atoms with E-state index >= 15 is 0 Å². The van der Waals surface area contributed by atoms with Crippen molar-refractivity contribution < 1.29 is 9.53 Å². The van der Waals surface area contributed by atoms with Crippen LogP contribution >= 0.6 is 0 Å². The second kappa shape index (κ2) is 7.90. The fourth-order valence-electron chi connectivity index (χ4n) is 2.54. The first kappa shape index (κ1) is 14.9. The molecular weight excluding hydrogens is 252 g/mol. The maximum absolute atomic E-state index is 12.0. The zero-order valence-corrected chi connectivity index (χ0v) is 12.2. The van der Waals surface area contributed by atoms with Crippen LogP contribution in [0.3, 0.4) is 0 Å². The van der Waals surface area contributed by atoms with Crippen molar-refractivity contribution in [3.63, 3.8) is 0 Å². The van der Waals surface area contributed by atoms with Gasteiger partial charge in [0, 0.05) is 6.54 Å². The summed E-state index contributed by atoms with van der Waals surface area (Å²) in [7, 11) is 1.65. The Balaban J connectivity index is 1.76. The molecule has 1 fully saturated rings. The van der Waals surface area contributed by atoms with Crippen molar-refractivity contribution in [2.45, 2.75) is 32.2 Å². The molecule has 1 heterocycles. The molecule has 4 nitrogen and oxygen atoms in total. The Morgan fingerprint density at radius 3 is 2.70 bits per heavy atom. The molecule has 0 bridgehead atoms. The van der Waals surface area contributed by atoms with Crippen molar-refractivity contribution in [1.82, 2.24) is 10.2 Å². The van der Waals surface area contributed by atoms with Gasteiger partial charge in [0.2, 0.25) is 5.91 Å². The molecule has 20 heavy (non-hydrogen) atoms. The van der Waals surface area contributed by atoms with Gasteiger partial charge in [-0.15, -0.1) is 0 Å². The molecule has 0 aliphatic carbocycles. The third-order valence-corrected chi connectivity index (χ3v) is 3.69. The van der Waals surface area contributed by atoms with E-state index < -0.39 is 0 Å². The van der Waals surface area contributed by atoms with E-state index in [4.69, 9.17) is 4.74 Å². The molecule has 0 atom stereocenters. The van der Waals surface area contributed by atoms with Crippen molar-refractivity contribution in [2.75, 3.05) is 26.7 Å². The Labute approximate surface area is 121 Å². The molecule has 110 valence electrons. The Morgan fingerprint density at radius 1 is 1.25 bits per heavy atom. The number of carbonyl (C=O) groups excluding carboxylic acids is 1. The highest BCUT2D eigenvalue weighted by Gasteiger charge is 2.12. The standard InChI is InChI=1S/C16H24N2O2/c1-20-15-8-6-7-14(11-15)12-17-16(19)13-18-9-4-2-3-5-10-18/h6-8,11H,2-5,9-10,12-13H2,1H3,(H,17,19). The van der Waals surface area contributed by atoms with Crippen LogP contribution < -0.4 is 10.1 Å². The molecular formula is C16H24N2O2. The first-order chi connectivity index (χ1) is 9.78. The van der Waals surface area contributed by atoms with Gasteiger partial charge in [0.25, 0.3) is 0 Å². The van der Waals surface area contributed by atoms with Crippen LogP contribution in [0.2, 0.25) is 0 Å². The van der Waals surface area contributed by atoms with E-state index in [1.165, 1.54) is 25.7 Å². The fourth-order valence-corrected chi connectivity index (χ4v) is 2.54. The van der Waals surface area contributed by atoms with Crippen molar-refractivity contribution in [3.05, 3.63) is 29.8 Å². The predicted molar refractivity (Wildman–Crippen MR) is 79.7 cm³/mol. The van der Waals surface area contributed by atoms with E-state index in [-0.39, 0.29) is 5.91 Å². The van der Waals surface area contributed by atoms with E-state index in [1.54, 1.807) is 7.11 Å². The van der Waals surface area contributed by atoms with Gasteiger partial charge in [-0.3, -0.25) is 9.69 Å². The van der Waals surface area contributed by atoms with E-state index in [0.717, 1.165) is 24.4 Å². The first-order valence-electron chi connectivity index (χ1n) is 7.40. The van der Waals surface area contributed by atoms with Crippen LogP contribution in [0.1, 0.15) is 31.2 Å². The van der Waals surface area contributed by atoms with Crippen LogP contribution in [0.25, 0.3) is 0 Å². The maximum Gasteiger partial charge on any atom is 0.234 e. The third kappa shape index (κ3) is 4.85. The molecule has 0 saturated carbocycles. The van der Waals surface area contributed by atoms with Crippen molar-refractivity contribution >= 4 is 5.91 Å². The topological polar surface area (TPSA) is 41.6 Å². The maximum atomic E-state index is 12.0. The van der Waals surface area contributed by atoms with Crippen LogP contribution in [0, 0.1) is 0 Å². The number of hydrogen-bond acceptors (Lipinski definition) is 3. The van der Waals surface area contributed by atoms with Gasteiger partial charge < -0.3 is 10.1 Å². The van der Waals surface area contributed by atoms with Crippen molar-refractivity contribution in [3.8, 4) is 5.75 Å².